The first-order chi connectivity index (χ1) is 13.0. The second-order valence-electron chi connectivity index (χ2n) is 7.32. The van der Waals surface area contributed by atoms with Crippen molar-refractivity contribution in [2.75, 3.05) is 26.2 Å². The largest absolute Gasteiger partial charge is 0.480 e. The smallest absolute Gasteiger partial charge is 0.263 e. The summed E-state index contributed by atoms with van der Waals surface area (Å²) < 4.78 is 6.54. The van der Waals surface area contributed by atoms with Gasteiger partial charge in [-0.3, -0.25) is 9.59 Å². The maximum Gasteiger partial charge on any atom is 0.263 e. The molecule has 148 valence electrons. The number of carbonyl (C=O) groups is 2. The van der Waals surface area contributed by atoms with E-state index in [4.69, 9.17) is 16.3 Å². The molecule has 2 fully saturated rings. The van der Waals surface area contributed by atoms with Gasteiger partial charge >= 0.3 is 0 Å². The molecule has 0 aromatic heterocycles. The third kappa shape index (κ3) is 5.17. The van der Waals surface area contributed by atoms with Gasteiger partial charge in [-0.1, -0.05) is 11.6 Å². The van der Waals surface area contributed by atoms with Gasteiger partial charge in [0.15, 0.2) is 6.10 Å². The van der Waals surface area contributed by atoms with Crippen LogP contribution in [0.4, 0.5) is 0 Å². The number of nitrogens with zero attached hydrogens (tertiary/aromatic N) is 2. The van der Waals surface area contributed by atoms with Crippen molar-refractivity contribution in [3.8, 4) is 5.75 Å². The minimum absolute atomic E-state index is 0.0410. The molecule has 5 nitrogen and oxygen atoms in total. The van der Waals surface area contributed by atoms with E-state index in [2.05, 4.69) is 15.9 Å². The number of benzene rings is 1. The maximum atomic E-state index is 12.7. The maximum absolute atomic E-state index is 12.7. The fourth-order valence-electron chi connectivity index (χ4n) is 3.79. The van der Waals surface area contributed by atoms with Crippen LogP contribution >= 0.6 is 27.5 Å². The van der Waals surface area contributed by atoms with Crippen molar-refractivity contribution in [1.82, 2.24) is 9.80 Å². The first kappa shape index (κ1) is 20.5. The molecular weight excluding hydrogens is 432 g/mol. The molecule has 2 amide bonds. The normalized spacial score (nSPS) is 19.7. The number of halogens is 2. The zero-order chi connectivity index (χ0) is 19.4. The quantitative estimate of drug-likeness (QED) is 0.683. The number of rotatable bonds is 4. The van der Waals surface area contributed by atoms with E-state index in [0.717, 1.165) is 43.2 Å². The topological polar surface area (TPSA) is 49.9 Å². The highest BCUT2D eigenvalue weighted by Crippen LogP contribution is 2.29. The Morgan fingerprint density at radius 3 is 2.41 bits per heavy atom. The minimum Gasteiger partial charge on any atom is -0.480 e. The number of likely N-dealkylation sites (tertiary alicyclic amines) is 2. The number of carbonyl (C=O) groups excluding carboxylic acids is 2. The molecule has 1 unspecified atom stereocenters. The summed E-state index contributed by atoms with van der Waals surface area (Å²) in [6.45, 7) is 4.75. The molecule has 27 heavy (non-hydrogen) atoms. The summed E-state index contributed by atoms with van der Waals surface area (Å²) in [5.41, 5.74) is 0. The van der Waals surface area contributed by atoms with E-state index in [1.54, 1.807) is 25.1 Å². The van der Waals surface area contributed by atoms with E-state index < -0.39 is 6.10 Å². The van der Waals surface area contributed by atoms with Gasteiger partial charge in [-0.05, 0) is 73.2 Å². The van der Waals surface area contributed by atoms with Crippen molar-refractivity contribution in [1.29, 1.82) is 0 Å². The Bertz CT molecular complexity index is 686. The molecule has 1 aromatic rings. The Balaban J connectivity index is 1.50. The molecule has 1 atom stereocenters. The molecule has 1 aromatic carbocycles. The lowest BCUT2D eigenvalue weighted by Crippen LogP contribution is -2.48. The van der Waals surface area contributed by atoms with Crippen molar-refractivity contribution in [2.24, 2.45) is 5.92 Å². The first-order valence-corrected chi connectivity index (χ1v) is 10.8. The predicted molar refractivity (Wildman–Crippen MR) is 109 cm³/mol. The van der Waals surface area contributed by atoms with Crippen LogP contribution < -0.4 is 4.74 Å². The van der Waals surface area contributed by atoms with Gasteiger partial charge in [0.1, 0.15) is 5.75 Å². The summed E-state index contributed by atoms with van der Waals surface area (Å²) in [7, 11) is 0. The standard InChI is InChI=1S/C20H26BrClN2O3/c1-14(27-18-6-5-16(22)13-17(18)21)19(25)24-11-7-15(8-12-24)20(26)23-9-3-2-4-10-23/h5-6,13-15H,2-4,7-12H2,1H3. The van der Waals surface area contributed by atoms with E-state index in [1.165, 1.54) is 6.42 Å². The van der Waals surface area contributed by atoms with Crippen LogP contribution in [0.15, 0.2) is 22.7 Å². The van der Waals surface area contributed by atoms with Gasteiger partial charge in [0.25, 0.3) is 5.91 Å². The summed E-state index contributed by atoms with van der Waals surface area (Å²) >= 11 is 9.35. The van der Waals surface area contributed by atoms with E-state index in [0.29, 0.717) is 23.9 Å². The highest BCUT2D eigenvalue weighted by molar-refractivity contribution is 9.10. The zero-order valence-electron chi connectivity index (χ0n) is 15.6. The molecule has 3 rings (SSSR count). The molecule has 0 radical (unpaired) electrons. The van der Waals surface area contributed by atoms with Crippen LogP contribution in [0.25, 0.3) is 0 Å². The van der Waals surface area contributed by atoms with Gasteiger partial charge in [-0.2, -0.15) is 0 Å². The lowest BCUT2D eigenvalue weighted by molar-refractivity contribution is -0.144. The van der Waals surface area contributed by atoms with Crippen LogP contribution in [0, 0.1) is 5.92 Å². The van der Waals surface area contributed by atoms with Gasteiger partial charge in [0.05, 0.1) is 4.47 Å². The van der Waals surface area contributed by atoms with Crippen LogP contribution in [-0.2, 0) is 9.59 Å². The molecule has 7 heteroatoms. The second kappa shape index (κ2) is 9.28. The van der Waals surface area contributed by atoms with E-state index >= 15 is 0 Å². The molecule has 0 bridgehead atoms. The Morgan fingerprint density at radius 2 is 1.78 bits per heavy atom. The molecule has 2 aliphatic heterocycles. The summed E-state index contributed by atoms with van der Waals surface area (Å²) in [6, 6.07) is 5.22. The Morgan fingerprint density at radius 1 is 1.11 bits per heavy atom. The van der Waals surface area contributed by atoms with Crippen molar-refractivity contribution < 1.29 is 14.3 Å². The van der Waals surface area contributed by atoms with Gasteiger partial charge in [0, 0.05) is 37.1 Å². The van der Waals surface area contributed by atoms with Crippen LogP contribution in [0.1, 0.15) is 39.0 Å². The molecule has 2 saturated heterocycles. The van der Waals surface area contributed by atoms with Crippen molar-refractivity contribution in [2.45, 2.75) is 45.1 Å². The van der Waals surface area contributed by atoms with Crippen molar-refractivity contribution >= 4 is 39.3 Å². The number of ether oxygens (including phenoxy) is 1. The second-order valence-corrected chi connectivity index (χ2v) is 8.61. The van der Waals surface area contributed by atoms with Gasteiger partial charge < -0.3 is 14.5 Å². The summed E-state index contributed by atoms with van der Waals surface area (Å²) in [5.74, 6) is 0.876. The fourth-order valence-corrected chi connectivity index (χ4v) is 4.56. The number of hydrogen-bond acceptors (Lipinski definition) is 3. The third-order valence-electron chi connectivity index (χ3n) is 5.37. The van der Waals surface area contributed by atoms with Crippen LogP contribution in [0.5, 0.6) is 5.75 Å². The summed E-state index contributed by atoms with van der Waals surface area (Å²) in [6.07, 6.45) is 4.32. The Kier molecular flexibility index (Phi) is 7.04. The molecule has 2 heterocycles. The molecule has 0 saturated carbocycles. The third-order valence-corrected chi connectivity index (χ3v) is 6.22. The lowest BCUT2D eigenvalue weighted by atomic mass is 9.94. The first-order valence-electron chi connectivity index (χ1n) is 9.65. The van der Waals surface area contributed by atoms with Crippen molar-refractivity contribution in [3.63, 3.8) is 0 Å². The highest BCUT2D eigenvalue weighted by atomic mass is 79.9. The molecular formula is C20H26BrClN2O3. The number of hydrogen-bond donors (Lipinski definition) is 0. The lowest BCUT2D eigenvalue weighted by Gasteiger charge is -2.36. The van der Waals surface area contributed by atoms with Gasteiger partial charge in [-0.15, -0.1) is 0 Å². The van der Waals surface area contributed by atoms with Gasteiger partial charge in [0.2, 0.25) is 5.91 Å². The molecule has 0 aliphatic carbocycles. The predicted octanol–water partition coefficient (Wildman–Crippen LogP) is 4.12. The van der Waals surface area contributed by atoms with Crippen LogP contribution in [0.3, 0.4) is 0 Å². The average Bonchev–Trinajstić information content (AvgIpc) is 2.69. The number of amides is 2. The van der Waals surface area contributed by atoms with Crippen LogP contribution in [-0.4, -0.2) is 53.9 Å². The number of piperidine rings is 2. The zero-order valence-corrected chi connectivity index (χ0v) is 18.0. The molecule has 0 N–H and O–H groups in total. The minimum atomic E-state index is -0.586. The summed E-state index contributed by atoms with van der Waals surface area (Å²) in [4.78, 5) is 29.2. The van der Waals surface area contributed by atoms with Crippen LogP contribution in [0.2, 0.25) is 5.02 Å². The average molecular weight is 458 g/mol. The van der Waals surface area contributed by atoms with E-state index in [-0.39, 0.29) is 17.7 Å². The van der Waals surface area contributed by atoms with Crippen molar-refractivity contribution in [3.05, 3.63) is 27.7 Å². The monoisotopic (exact) mass is 456 g/mol. The Labute approximate surface area is 174 Å². The molecule has 2 aliphatic rings. The van der Waals surface area contributed by atoms with E-state index in [9.17, 15) is 9.59 Å². The molecule has 0 spiro atoms. The Hall–Kier alpha value is -1.27. The SMILES string of the molecule is CC(Oc1ccc(Cl)cc1Br)C(=O)N1CCC(C(=O)N2CCCCC2)CC1. The summed E-state index contributed by atoms with van der Waals surface area (Å²) in [5, 5.41) is 0.605. The highest BCUT2D eigenvalue weighted by Gasteiger charge is 2.32. The fraction of sp³-hybridized carbons (Fsp3) is 0.600. The van der Waals surface area contributed by atoms with Gasteiger partial charge in [-0.25, -0.2) is 0 Å². The van der Waals surface area contributed by atoms with E-state index in [1.807, 2.05) is 9.80 Å².